The van der Waals surface area contributed by atoms with Gasteiger partial charge in [0.1, 0.15) is 5.65 Å². The van der Waals surface area contributed by atoms with Gasteiger partial charge in [0.15, 0.2) is 0 Å². The summed E-state index contributed by atoms with van der Waals surface area (Å²) in [5, 5.41) is 3.30. The third-order valence-corrected chi connectivity index (χ3v) is 7.11. The van der Waals surface area contributed by atoms with Crippen LogP contribution in [0, 0.1) is 37.0 Å². The standard InChI is InChI=1S/C22H31N3O/c1-13-8-17-11-22(5,12-18(17)9-13)16(4)24-21(26)19-6-7-25-15(3)10-14(2)23-20(19)25/h6-7,10,13,16-18H,8-9,11-12H2,1-5H3,(H,24,26). The fraction of sp³-hybridized carbons (Fsp3) is 0.636. The maximum absolute atomic E-state index is 13.0. The van der Waals surface area contributed by atoms with Crippen molar-refractivity contribution in [3.63, 3.8) is 0 Å². The molecule has 2 aliphatic rings. The largest absolute Gasteiger partial charge is 0.349 e. The number of rotatable bonds is 3. The Morgan fingerprint density at radius 2 is 1.96 bits per heavy atom. The van der Waals surface area contributed by atoms with Gasteiger partial charge in [-0.25, -0.2) is 4.98 Å². The zero-order valence-electron chi connectivity index (χ0n) is 16.7. The van der Waals surface area contributed by atoms with Crippen molar-refractivity contribution in [3.8, 4) is 0 Å². The van der Waals surface area contributed by atoms with Gasteiger partial charge in [0.05, 0.1) is 5.56 Å². The first-order valence-electron chi connectivity index (χ1n) is 10.0. The Bertz CT molecular complexity index is 838. The smallest absolute Gasteiger partial charge is 0.255 e. The molecule has 4 heteroatoms. The second-order valence-electron chi connectivity index (χ2n) is 9.32. The summed E-state index contributed by atoms with van der Waals surface area (Å²) in [7, 11) is 0. The Hall–Kier alpha value is -1.84. The summed E-state index contributed by atoms with van der Waals surface area (Å²) in [4.78, 5) is 17.6. The second kappa shape index (κ2) is 6.11. The SMILES string of the molecule is Cc1cc(C)n2ccc(C(=O)NC(C)C3(C)CC4CC(C)CC4C3)c2n1. The van der Waals surface area contributed by atoms with E-state index >= 15 is 0 Å². The molecule has 3 unspecified atom stereocenters. The van der Waals surface area contributed by atoms with Gasteiger partial charge in [-0.05, 0) is 81.8 Å². The quantitative estimate of drug-likeness (QED) is 0.881. The summed E-state index contributed by atoms with van der Waals surface area (Å²) in [6.07, 6.45) is 7.17. The molecule has 0 saturated heterocycles. The highest BCUT2D eigenvalue weighted by Gasteiger charge is 2.48. The Kier molecular flexibility index (Phi) is 4.13. The number of aryl methyl sites for hydroxylation is 2. The lowest BCUT2D eigenvalue weighted by atomic mass is 9.78. The molecule has 3 atom stereocenters. The van der Waals surface area contributed by atoms with Crippen LogP contribution < -0.4 is 5.32 Å². The van der Waals surface area contributed by atoms with Crippen molar-refractivity contribution in [2.45, 2.75) is 66.3 Å². The van der Waals surface area contributed by atoms with E-state index in [2.05, 4.69) is 31.1 Å². The predicted molar refractivity (Wildman–Crippen MR) is 104 cm³/mol. The van der Waals surface area contributed by atoms with E-state index < -0.39 is 0 Å². The average molecular weight is 354 g/mol. The van der Waals surface area contributed by atoms with E-state index in [0.717, 1.165) is 34.8 Å². The normalized spacial score (nSPS) is 32.0. The molecule has 2 heterocycles. The molecule has 0 spiro atoms. The van der Waals surface area contributed by atoms with Crippen LogP contribution in [-0.4, -0.2) is 21.3 Å². The summed E-state index contributed by atoms with van der Waals surface area (Å²) < 4.78 is 2.00. The van der Waals surface area contributed by atoms with Gasteiger partial charge in [-0.15, -0.1) is 0 Å². The molecule has 26 heavy (non-hydrogen) atoms. The van der Waals surface area contributed by atoms with Gasteiger partial charge in [0, 0.05) is 23.6 Å². The molecular formula is C22H31N3O. The second-order valence-corrected chi connectivity index (χ2v) is 9.32. The van der Waals surface area contributed by atoms with Crippen LogP contribution in [0.2, 0.25) is 0 Å². The number of carbonyl (C=O) groups is 1. The number of amides is 1. The fourth-order valence-electron chi connectivity index (χ4n) is 5.67. The molecule has 0 aliphatic heterocycles. The molecule has 2 aromatic rings. The Balaban J connectivity index is 1.52. The first-order valence-corrected chi connectivity index (χ1v) is 10.0. The van der Waals surface area contributed by atoms with Crippen LogP contribution in [0.15, 0.2) is 18.3 Å². The monoisotopic (exact) mass is 353 g/mol. The Morgan fingerprint density at radius 1 is 1.31 bits per heavy atom. The van der Waals surface area contributed by atoms with Gasteiger partial charge in [0.2, 0.25) is 0 Å². The number of fused-ring (bicyclic) bond motifs is 2. The molecule has 2 aliphatic carbocycles. The highest BCUT2D eigenvalue weighted by atomic mass is 16.1. The number of carbonyl (C=O) groups excluding carboxylic acids is 1. The summed E-state index contributed by atoms with van der Waals surface area (Å²) in [6.45, 7) is 11.0. The van der Waals surface area contributed by atoms with Gasteiger partial charge in [-0.2, -0.15) is 0 Å². The van der Waals surface area contributed by atoms with Crippen molar-refractivity contribution < 1.29 is 4.79 Å². The molecule has 2 saturated carbocycles. The number of nitrogens with one attached hydrogen (secondary N) is 1. The molecule has 1 N–H and O–H groups in total. The minimum atomic E-state index is 0.00384. The molecular weight excluding hydrogens is 322 g/mol. The van der Waals surface area contributed by atoms with Crippen LogP contribution >= 0.6 is 0 Å². The average Bonchev–Trinajstić information content (AvgIpc) is 3.18. The van der Waals surface area contributed by atoms with E-state index in [1.165, 1.54) is 25.7 Å². The molecule has 2 fully saturated rings. The first-order chi connectivity index (χ1) is 12.3. The van der Waals surface area contributed by atoms with Gasteiger partial charge in [-0.3, -0.25) is 4.79 Å². The number of nitrogens with zero attached hydrogens (tertiary/aromatic N) is 2. The van der Waals surface area contributed by atoms with Crippen molar-refractivity contribution >= 4 is 11.6 Å². The third-order valence-electron chi connectivity index (χ3n) is 7.11. The van der Waals surface area contributed by atoms with Gasteiger partial charge < -0.3 is 9.72 Å². The van der Waals surface area contributed by atoms with Crippen LogP contribution in [0.5, 0.6) is 0 Å². The maximum Gasteiger partial charge on any atom is 0.255 e. The highest BCUT2D eigenvalue weighted by Crippen LogP contribution is 2.55. The summed E-state index contributed by atoms with van der Waals surface area (Å²) in [5.74, 6) is 2.60. The van der Waals surface area contributed by atoms with Gasteiger partial charge >= 0.3 is 0 Å². The van der Waals surface area contributed by atoms with Crippen LogP contribution in [0.25, 0.3) is 5.65 Å². The Labute approximate surface area is 156 Å². The third kappa shape index (κ3) is 2.83. The van der Waals surface area contributed by atoms with Gasteiger partial charge in [0.25, 0.3) is 5.91 Å². The van der Waals surface area contributed by atoms with Gasteiger partial charge in [-0.1, -0.05) is 13.8 Å². The molecule has 0 bridgehead atoms. The molecule has 0 aromatic carbocycles. The van der Waals surface area contributed by atoms with Crippen molar-refractivity contribution in [1.82, 2.24) is 14.7 Å². The summed E-state index contributed by atoms with van der Waals surface area (Å²) in [5.41, 5.74) is 3.69. The van der Waals surface area contributed by atoms with Crippen molar-refractivity contribution in [3.05, 3.63) is 35.3 Å². The fourth-order valence-corrected chi connectivity index (χ4v) is 5.67. The van der Waals surface area contributed by atoms with E-state index in [-0.39, 0.29) is 17.4 Å². The van der Waals surface area contributed by atoms with Crippen molar-refractivity contribution in [1.29, 1.82) is 0 Å². The van der Waals surface area contributed by atoms with E-state index in [4.69, 9.17) is 0 Å². The Morgan fingerprint density at radius 3 is 2.62 bits per heavy atom. The number of hydrogen-bond acceptors (Lipinski definition) is 2. The van der Waals surface area contributed by atoms with Crippen LogP contribution in [0.1, 0.15) is 68.2 Å². The summed E-state index contributed by atoms with van der Waals surface area (Å²) >= 11 is 0. The lowest BCUT2D eigenvalue weighted by molar-refractivity contribution is 0.0893. The highest BCUT2D eigenvalue weighted by molar-refractivity contribution is 6.00. The molecule has 2 aromatic heterocycles. The van der Waals surface area contributed by atoms with E-state index in [1.807, 2.05) is 36.6 Å². The molecule has 4 rings (SSSR count). The van der Waals surface area contributed by atoms with Crippen LogP contribution in [0.4, 0.5) is 0 Å². The maximum atomic E-state index is 13.0. The predicted octanol–water partition coefficient (Wildman–Crippen LogP) is 4.53. The molecule has 140 valence electrons. The zero-order chi connectivity index (χ0) is 18.6. The minimum absolute atomic E-state index is 0.00384. The van der Waals surface area contributed by atoms with Crippen LogP contribution in [0.3, 0.4) is 0 Å². The van der Waals surface area contributed by atoms with Crippen molar-refractivity contribution in [2.24, 2.45) is 23.2 Å². The number of aromatic nitrogens is 2. The topological polar surface area (TPSA) is 46.4 Å². The zero-order valence-corrected chi connectivity index (χ0v) is 16.7. The number of hydrogen-bond donors (Lipinski definition) is 1. The minimum Gasteiger partial charge on any atom is -0.349 e. The van der Waals surface area contributed by atoms with E-state index in [1.54, 1.807) is 0 Å². The molecule has 1 amide bonds. The molecule has 0 radical (unpaired) electrons. The lowest BCUT2D eigenvalue weighted by Gasteiger charge is -2.33. The van der Waals surface area contributed by atoms with E-state index in [9.17, 15) is 4.79 Å². The molecule has 4 nitrogen and oxygen atoms in total. The lowest BCUT2D eigenvalue weighted by Crippen LogP contribution is -2.43. The van der Waals surface area contributed by atoms with E-state index in [0.29, 0.717) is 5.56 Å². The summed E-state index contributed by atoms with van der Waals surface area (Å²) in [6, 6.07) is 4.11. The van der Waals surface area contributed by atoms with Crippen LogP contribution in [-0.2, 0) is 0 Å². The van der Waals surface area contributed by atoms with Crippen molar-refractivity contribution in [2.75, 3.05) is 0 Å². The first kappa shape index (κ1) is 17.6.